The molecular weight excluding hydrogens is 222 g/mol. The summed E-state index contributed by atoms with van der Waals surface area (Å²) in [5, 5.41) is 7.64. The van der Waals surface area contributed by atoms with E-state index in [1.54, 1.807) is 0 Å². The molecule has 0 saturated heterocycles. The number of aromatic nitrogens is 2. The predicted molar refractivity (Wildman–Crippen MR) is 74.5 cm³/mol. The fourth-order valence-electron chi connectivity index (χ4n) is 2.05. The molecule has 0 amide bonds. The first-order valence-corrected chi connectivity index (χ1v) is 6.58. The molecule has 0 saturated carbocycles. The summed E-state index contributed by atoms with van der Waals surface area (Å²) in [6.07, 6.45) is 5.24. The van der Waals surface area contributed by atoms with Crippen LogP contribution in [-0.4, -0.2) is 22.9 Å². The van der Waals surface area contributed by atoms with Gasteiger partial charge in [0.1, 0.15) is 0 Å². The number of rotatable bonds is 7. The third-order valence-corrected chi connectivity index (χ3v) is 3.14. The van der Waals surface area contributed by atoms with Crippen molar-refractivity contribution in [2.75, 3.05) is 13.1 Å². The molecule has 1 N–H and O–H groups in total. The van der Waals surface area contributed by atoms with Crippen LogP contribution in [0.25, 0.3) is 0 Å². The van der Waals surface area contributed by atoms with Crippen molar-refractivity contribution in [1.82, 2.24) is 15.1 Å². The number of benzene rings is 1. The van der Waals surface area contributed by atoms with Crippen LogP contribution in [0.3, 0.4) is 0 Å². The summed E-state index contributed by atoms with van der Waals surface area (Å²) in [5.74, 6) is 0. The molecule has 0 radical (unpaired) electrons. The van der Waals surface area contributed by atoms with Gasteiger partial charge in [0.15, 0.2) is 0 Å². The third kappa shape index (κ3) is 4.00. The molecule has 3 nitrogen and oxygen atoms in total. The van der Waals surface area contributed by atoms with E-state index in [0.29, 0.717) is 0 Å². The minimum Gasteiger partial charge on any atom is -0.316 e. The van der Waals surface area contributed by atoms with E-state index in [-0.39, 0.29) is 0 Å². The van der Waals surface area contributed by atoms with Gasteiger partial charge in [0.05, 0.1) is 0 Å². The lowest BCUT2D eigenvalue weighted by Crippen LogP contribution is -2.20. The molecular formula is C15H21N3. The normalized spacial score (nSPS) is 10.7. The minimum atomic E-state index is 1.02. The number of nitrogens with one attached hydrogen (secondary N) is 1. The van der Waals surface area contributed by atoms with Gasteiger partial charge in [-0.2, -0.15) is 5.10 Å². The zero-order valence-electron chi connectivity index (χ0n) is 11.0. The van der Waals surface area contributed by atoms with Gasteiger partial charge in [-0.3, -0.25) is 4.68 Å². The summed E-state index contributed by atoms with van der Waals surface area (Å²) < 4.78 is 1.94. The SMILES string of the molecule is Cn1nccc1CCNCCCc1ccccc1. The first kappa shape index (κ1) is 12.8. The number of nitrogens with zero attached hydrogens (tertiary/aromatic N) is 2. The van der Waals surface area contributed by atoms with Gasteiger partial charge in [0.2, 0.25) is 0 Å². The summed E-state index contributed by atoms with van der Waals surface area (Å²) in [7, 11) is 1.99. The van der Waals surface area contributed by atoms with Crippen molar-refractivity contribution in [2.24, 2.45) is 7.05 Å². The molecule has 0 atom stereocenters. The van der Waals surface area contributed by atoms with Crippen LogP contribution in [-0.2, 0) is 19.9 Å². The maximum atomic E-state index is 4.16. The van der Waals surface area contributed by atoms with Crippen LogP contribution in [0.5, 0.6) is 0 Å². The third-order valence-electron chi connectivity index (χ3n) is 3.14. The summed E-state index contributed by atoms with van der Waals surface area (Å²) >= 11 is 0. The van der Waals surface area contributed by atoms with Crippen LogP contribution in [0.15, 0.2) is 42.6 Å². The standard InChI is InChI=1S/C15H21N3/c1-18-15(10-13-17-18)9-12-16-11-5-8-14-6-3-2-4-7-14/h2-4,6-7,10,13,16H,5,8-9,11-12H2,1H3. The van der Waals surface area contributed by atoms with Crippen molar-refractivity contribution in [2.45, 2.75) is 19.3 Å². The molecule has 0 bridgehead atoms. The monoisotopic (exact) mass is 243 g/mol. The lowest BCUT2D eigenvalue weighted by molar-refractivity contribution is 0.622. The highest BCUT2D eigenvalue weighted by Gasteiger charge is 1.97. The second kappa shape index (κ2) is 6.97. The Morgan fingerprint density at radius 3 is 2.61 bits per heavy atom. The lowest BCUT2D eigenvalue weighted by atomic mass is 10.1. The molecule has 1 aromatic carbocycles. The molecule has 2 aromatic rings. The molecule has 18 heavy (non-hydrogen) atoms. The maximum absolute atomic E-state index is 4.16. The quantitative estimate of drug-likeness (QED) is 0.755. The Morgan fingerprint density at radius 1 is 1.06 bits per heavy atom. The van der Waals surface area contributed by atoms with Gasteiger partial charge < -0.3 is 5.32 Å². The van der Waals surface area contributed by atoms with Gasteiger partial charge >= 0.3 is 0 Å². The van der Waals surface area contributed by atoms with Crippen LogP contribution < -0.4 is 5.32 Å². The Kier molecular flexibility index (Phi) is 4.97. The van der Waals surface area contributed by atoms with Crippen LogP contribution in [0.1, 0.15) is 17.7 Å². The largest absolute Gasteiger partial charge is 0.316 e. The first-order chi connectivity index (χ1) is 8.86. The van der Waals surface area contributed by atoms with E-state index >= 15 is 0 Å². The van der Waals surface area contributed by atoms with Crippen LogP contribution in [0.2, 0.25) is 0 Å². The minimum absolute atomic E-state index is 1.02. The molecule has 1 aromatic heterocycles. The van der Waals surface area contributed by atoms with Gasteiger partial charge in [-0.15, -0.1) is 0 Å². The number of hydrogen-bond acceptors (Lipinski definition) is 2. The van der Waals surface area contributed by atoms with E-state index in [1.165, 1.54) is 17.7 Å². The lowest BCUT2D eigenvalue weighted by Gasteiger charge is -2.05. The molecule has 1 heterocycles. The average molecular weight is 243 g/mol. The van der Waals surface area contributed by atoms with Gasteiger partial charge in [-0.1, -0.05) is 30.3 Å². The topological polar surface area (TPSA) is 29.9 Å². The zero-order valence-corrected chi connectivity index (χ0v) is 11.0. The van der Waals surface area contributed by atoms with E-state index in [4.69, 9.17) is 0 Å². The summed E-state index contributed by atoms with van der Waals surface area (Å²) in [6, 6.07) is 12.7. The van der Waals surface area contributed by atoms with Gasteiger partial charge in [0, 0.05) is 31.9 Å². The van der Waals surface area contributed by atoms with Crippen molar-refractivity contribution in [1.29, 1.82) is 0 Å². The summed E-state index contributed by atoms with van der Waals surface area (Å²) in [5.41, 5.74) is 2.71. The van der Waals surface area contributed by atoms with Crippen molar-refractivity contribution in [3.63, 3.8) is 0 Å². The Morgan fingerprint density at radius 2 is 1.89 bits per heavy atom. The Hall–Kier alpha value is -1.61. The second-order valence-corrected chi connectivity index (χ2v) is 4.54. The van der Waals surface area contributed by atoms with Gasteiger partial charge in [-0.05, 0) is 31.0 Å². The van der Waals surface area contributed by atoms with E-state index < -0.39 is 0 Å². The molecule has 96 valence electrons. The maximum Gasteiger partial charge on any atom is 0.0492 e. The van der Waals surface area contributed by atoms with E-state index in [2.05, 4.69) is 46.8 Å². The second-order valence-electron chi connectivity index (χ2n) is 4.54. The van der Waals surface area contributed by atoms with E-state index in [1.807, 2.05) is 17.9 Å². The molecule has 0 aliphatic heterocycles. The number of aryl methyl sites for hydroxylation is 2. The summed E-state index contributed by atoms with van der Waals surface area (Å²) in [4.78, 5) is 0. The average Bonchev–Trinajstić information content (AvgIpc) is 2.81. The van der Waals surface area contributed by atoms with Crippen LogP contribution in [0.4, 0.5) is 0 Å². The predicted octanol–water partition coefficient (Wildman–Crippen LogP) is 2.18. The highest BCUT2D eigenvalue weighted by molar-refractivity contribution is 5.14. The highest BCUT2D eigenvalue weighted by atomic mass is 15.3. The molecule has 0 spiro atoms. The van der Waals surface area contributed by atoms with Crippen molar-refractivity contribution < 1.29 is 0 Å². The molecule has 2 rings (SSSR count). The molecule has 0 aliphatic carbocycles. The Labute approximate surface area is 109 Å². The van der Waals surface area contributed by atoms with Gasteiger partial charge in [-0.25, -0.2) is 0 Å². The summed E-state index contributed by atoms with van der Waals surface area (Å²) in [6.45, 7) is 2.10. The molecule has 0 fully saturated rings. The van der Waals surface area contributed by atoms with Crippen molar-refractivity contribution in [3.05, 3.63) is 53.9 Å². The van der Waals surface area contributed by atoms with Crippen LogP contribution >= 0.6 is 0 Å². The van der Waals surface area contributed by atoms with Gasteiger partial charge in [0.25, 0.3) is 0 Å². The highest BCUT2D eigenvalue weighted by Crippen LogP contribution is 2.01. The molecule has 0 aliphatic rings. The van der Waals surface area contributed by atoms with Crippen molar-refractivity contribution >= 4 is 0 Å². The van der Waals surface area contributed by atoms with E-state index in [0.717, 1.165) is 25.9 Å². The molecule has 0 unspecified atom stereocenters. The van der Waals surface area contributed by atoms with Crippen LogP contribution in [0, 0.1) is 0 Å². The van der Waals surface area contributed by atoms with E-state index in [9.17, 15) is 0 Å². The number of hydrogen-bond donors (Lipinski definition) is 1. The first-order valence-electron chi connectivity index (χ1n) is 6.58. The molecule has 3 heteroatoms. The Bertz CT molecular complexity index is 448. The fourth-order valence-corrected chi connectivity index (χ4v) is 2.05. The van der Waals surface area contributed by atoms with Crippen molar-refractivity contribution in [3.8, 4) is 0 Å². The zero-order chi connectivity index (χ0) is 12.6. The smallest absolute Gasteiger partial charge is 0.0492 e. The Balaban J connectivity index is 1.56. The fraction of sp³-hybridized carbons (Fsp3) is 0.400.